The number of piperazine rings is 1. The van der Waals surface area contributed by atoms with Crippen LogP contribution in [0.1, 0.15) is 35.4 Å². The summed E-state index contributed by atoms with van der Waals surface area (Å²) in [7, 11) is 2.16. The molecule has 0 aliphatic carbocycles. The highest BCUT2D eigenvalue weighted by Gasteiger charge is 2.36. The first-order valence-electron chi connectivity index (χ1n) is 18.6. The molecule has 3 unspecified atom stereocenters. The number of benzene rings is 4. The van der Waals surface area contributed by atoms with Crippen LogP contribution in [-0.2, 0) is 27.4 Å². The number of nitrogens with zero attached hydrogens (tertiary/aromatic N) is 2. The van der Waals surface area contributed by atoms with E-state index in [9.17, 15) is 4.79 Å². The Labute approximate surface area is 303 Å². The Hall–Kier alpha value is -3.99. The Morgan fingerprint density at radius 1 is 0.804 bits per heavy atom. The van der Waals surface area contributed by atoms with Gasteiger partial charge in [0.25, 0.3) is 0 Å². The Balaban J connectivity index is 1.02. The Kier molecular flexibility index (Phi) is 14.1. The minimum absolute atomic E-state index is 0.0391. The number of hydrogen-bond donors (Lipinski definition) is 2. The summed E-state index contributed by atoms with van der Waals surface area (Å²) in [6.45, 7) is 10.0. The molecule has 2 fully saturated rings. The van der Waals surface area contributed by atoms with Crippen LogP contribution in [0, 0.1) is 5.92 Å². The highest BCUT2D eigenvalue weighted by Crippen LogP contribution is 2.34. The summed E-state index contributed by atoms with van der Waals surface area (Å²) in [4.78, 5) is 17.6. The van der Waals surface area contributed by atoms with E-state index in [1.807, 2.05) is 30.3 Å². The topological polar surface area (TPSA) is 84.5 Å². The molecule has 2 heterocycles. The van der Waals surface area contributed by atoms with Crippen LogP contribution < -0.4 is 15.4 Å². The third-order valence-electron chi connectivity index (χ3n) is 9.96. The van der Waals surface area contributed by atoms with E-state index in [1.54, 1.807) is 0 Å². The molecule has 2 N–H and O–H groups in total. The molecular weight excluding hydrogens is 640 g/mol. The molecule has 2 aliphatic heterocycles. The van der Waals surface area contributed by atoms with Gasteiger partial charge in [-0.2, -0.15) is 0 Å². The van der Waals surface area contributed by atoms with Crippen LogP contribution in [0.5, 0.6) is 5.75 Å². The number of carbonyl (C=O) groups excluding carboxylic acids is 1. The zero-order valence-electron chi connectivity index (χ0n) is 30.0. The van der Waals surface area contributed by atoms with Gasteiger partial charge in [0, 0.05) is 64.1 Å². The van der Waals surface area contributed by atoms with Gasteiger partial charge in [-0.1, -0.05) is 78.9 Å². The number of amides is 1. The maximum Gasteiger partial charge on any atom is 0.407 e. The molecule has 4 aromatic rings. The zero-order chi connectivity index (χ0) is 35.1. The van der Waals surface area contributed by atoms with Gasteiger partial charge in [0.15, 0.2) is 0 Å². The first-order valence-corrected chi connectivity index (χ1v) is 18.6. The average Bonchev–Trinajstić information content (AvgIpc) is 3.17. The van der Waals surface area contributed by atoms with Crippen molar-refractivity contribution in [2.75, 3.05) is 79.2 Å². The minimum atomic E-state index is -0.358. The lowest BCUT2D eigenvalue weighted by molar-refractivity contribution is -0.0169. The van der Waals surface area contributed by atoms with Crippen molar-refractivity contribution in [2.45, 2.75) is 38.1 Å². The normalized spacial score (nSPS) is 19.9. The van der Waals surface area contributed by atoms with Crippen molar-refractivity contribution in [3.63, 3.8) is 0 Å². The van der Waals surface area contributed by atoms with Gasteiger partial charge in [-0.05, 0) is 65.7 Å². The van der Waals surface area contributed by atoms with Crippen molar-refractivity contribution >= 4 is 16.9 Å². The number of nitrogens with one attached hydrogen (secondary N) is 2. The van der Waals surface area contributed by atoms with Gasteiger partial charge < -0.3 is 39.4 Å². The van der Waals surface area contributed by atoms with E-state index < -0.39 is 0 Å². The summed E-state index contributed by atoms with van der Waals surface area (Å²) in [5.41, 5.74) is 3.46. The first-order chi connectivity index (χ1) is 25.1. The predicted octanol–water partition coefficient (Wildman–Crippen LogP) is 6.08. The molecule has 1 amide bonds. The molecule has 0 spiro atoms. The maximum absolute atomic E-state index is 12.8. The highest BCUT2D eigenvalue weighted by molar-refractivity contribution is 5.82. The molecule has 4 aromatic carbocycles. The Bertz CT molecular complexity index is 1610. The summed E-state index contributed by atoms with van der Waals surface area (Å²) in [5, 5.41) is 8.94. The third-order valence-corrected chi connectivity index (χ3v) is 9.96. The van der Waals surface area contributed by atoms with Crippen molar-refractivity contribution in [3.8, 4) is 5.75 Å². The van der Waals surface area contributed by atoms with Crippen LogP contribution in [0.3, 0.4) is 0 Å². The fourth-order valence-corrected chi connectivity index (χ4v) is 7.01. The number of piperidine rings is 1. The molecular formula is C42H54N4O5. The lowest BCUT2D eigenvalue weighted by atomic mass is 9.79. The average molecular weight is 695 g/mol. The first kappa shape index (κ1) is 36.8. The zero-order valence-corrected chi connectivity index (χ0v) is 30.0. The summed E-state index contributed by atoms with van der Waals surface area (Å²) in [5.74, 6) is 0.912. The number of likely N-dealkylation sites (N-methyl/N-ethyl adjacent to an activating group) is 1. The Morgan fingerprint density at radius 2 is 1.59 bits per heavy atom. The van der Waals surface area contributed by atoms with Gasteiger partial charge in [-0.15, -0.1) is 0 Å². The van der Waals surface area contributed by atoms with E-state index in [1.165, 1.54) is 16.3 Å². The molecule has 0 aromatic heterocycles. The van der Waals surface area contributed by atoms with Crippen LogP contribution in [0.25, 0.3) is 10.8 Å². The van der Waals surface area contributed by atoms with E-state index in [0.29, 0.717) is 46.1 Å². The van der Waals surface area contributed by atoms with Crippen molar-refractivity contribution < 1.29 is 23.7 Å². The molecule has 2 aliphatic rings. The van der Waals surface area contributed by atoms with Crippen molar-refractivity contribution in [1.82, 2.24) is 20.4 Å². The third kappa shape index (κ3) is 11.5. The largest absolute Gasteiger partial charge is 0.494 e. The maximum atomic E-state index is 12.8. The fourth-order valence-electron chi connectivity index (χ4n) is 7.01. The molecule has 0 bridgehead atoms. The second-order valence-corrected chi connectivity index (χ2v) is 13.8. The van der Waals surface area contributed by atoms with Gasteiger partial charge in [0.05, 0.1) is 39.1 Å². The molecule has 9 heteroatoms. The summed E-state index contributed by atoms with van der Waals surface area (Å²) < 4.78 is 24.4. The number of ether oxygens (including phenoxy) is 4. The van der Waals surface area contributed by atoms with E-state index >= 15 is 0 Å². The quantitative estimate of drug-likeness (QED) is 0.129. The minimum Gasteiger partial charge on any atom is -0.494 e. The number of carbonyl (C=O) groups is 1. The summed E-state index contributed by atoms with van der Waals surface area (Å²) >= 11 is 0. The lowest BCUT2D eigenvalue weighted by Gasteiger charge is -2.38. The van der Waals surface area contributed by atoms with Crippen LogP contribution in [0.2, 0.25) is 0 Å². The second-order valence-electron chi connectivity index (χ2n) is 13.8. The van der Waals surface area contributed by atoms with E-state index in [0.717, 1.165) is 69.0 Å². The van der Waals surface area contributed by atoms with Crippen molar-refractivity contribution in [1.29, 1.82) is 0 Å². The van der Waals surface area contributed by atoms with Crippen LogP contribution in [0.4, 0.5) is 4.79 Å². The fraction of sp³-hybridized carbons (Fsp3) is 0.452. The molecule has 0 radical (unpaired) electrons. The number of alkyl carbamates (subject to hydrolysis) is 1. The highest BCUT2D eigenvalue weighted by atomic mass is 16.5. The van der Waals surface area contributed by atoms with Gasteiger partial charge in [0.2, 0.25) is 0 Å². The van der Waals surface area contributed by atoms with Crippen LogP contribution >= 0.6 is 0 Å². The number of hydrogen-bond acceptors (Lipinski definition) is 8. The molecule has 9 nitrogen and oxygen atoms in total. The molecule has 3 atom stereocenters. The van der Waals surface area contributed by atoms with Gasteiger partial charge in [0.1, 0.15) is 5.75 Å². The van der Waals surface area contributed by atoms with Crippen molar-refractivity contribution in [2.24, 2.45) is 5.92 Å². The smallest absolute Gasteiger partial charge is 0.407 e. The second kappa shape index (κ2) is 19.6. The number of rotatable bonds is 17. The van der Waals surface area contributed by atoms with Crippen LogP contribution in [0.15, 0.2) is 97.1 Å². The standard InChI is InChI=1S/C42H54N4O5/c1-45-21-23-46(24-22-45)20-7-19-44-42(47)51-32-38-28-43-29-40(50-31-34-13-14-35-11-5-6-12-37(35)27-34)41(38)36-15-17-39(18-16-36)49-26-8-25-48-30-33-9-3-2-4-10-33/h2-6,9-18,27,38,40-41,43H,7-8,19-26,28-32H2,1H3,(H,44,47). The molecule has 0 saturated carbocycles. The Morgan fingerprint density at radius 3 is 2.41 bits per heavy atom. The van der Waals surface area contributed by atoms with E-state index in [2.05, 4.69) is 94.2 Å². The van der Waals surface area contributed by atoms with Crippen molar-refractivity contribution in [3.05, 3.63) is 114 Å². The van der Waals surface area contributed by atoms with Gasteiger partial charge >= 0.3 is 6.09 Å². The number of fused-ring (bicyclic) bond motifs is 1. The SMILES string of the molecule is CN1CCN(CCCNC(=O)OCC2CNCC(OCc3ccc4ccccc4c3)C2c2ccc(OCCCOCc3ccccc3)cc2)CC1. The molecule has 6 rings (SSSR count). The predicted molar refractivity (Wildman–Crippen MR) is 202 cm³/mol. The summed E-state index contributed by atoms with van der Waals surface area (Å²) in [6.07, 6.45) is 1.26. The van der Waals surface area contributed by atoms with E-state index in [-0.39, 0.29) is 24.0 Å². The summed E-state index contributed by atoms with van der Waals surface area (Å²) in [6, 6.07) is 33.4. The molecule has 272 valence electrons. The molecule has 51 heavy (non-hydrogen) atoms. The van der Waals surface area contributed by atoms with Crippen LogP contribution in [-0.4, -0.2) is 101 Å². The van der Waals surface area contributed by atoms with Gasteiger partial charge in [-0.25, -0.2) is 4.79 Å². The molecule has 2 saturated heterocycles. The van der Waals surface area contributed by atoms with E-state index in [4.69, 9.17) is 18.9 Å². The lowest BCUT2D eigenvalue weighted by Crippen LogP contribution is -2.48. The van der Waals surface area contributed by atoms with Gasteiger partial charge in [-0.3, -0.25) is 0 Å². The monoisotopic (exact) mass is 694 g/mol.